The van der Waals surface area contributed by atoms with Gasteiger partial charge in [0.1, 0.15) is 11.4 Å². The Morgan fingerprint density at radius 1 is 1.27 bits per heavy atom. The zero-order chi connectivity index (χ0) is 23.2. The van der Waals surface area contributed by atoms with Crippen molar-refractivity contribution >= 4 is 11.7 Å². The standard InChI is InChI=1S/C25H34N2O6/c1-5-16-14-27-10-9-24-22-19(7-6-8-20(22)30-3)26-25(24,33-12-11-32-24)21(27)13-17(16)18(15-29-2)23(28)31-4/h6-8,15-17,21,26H,5,9-14H2,1-4H3/b18-15+/t16-,17+,21+,24+,25+/m1/s1. The Balaban J connectivity index is 1.60. The van der Waals surface area contributed by atoms with Gasteiger partial charge >= 0.3 is 5.97 Å². The number of fused-ring (bicyclic) bond motifs is 2. The fraction of sp³-hybridized carbons (Fsp3) is 0.640. The summed E-state index contributed by atoms with van der Waals surface area (Å²) in [6.45, 7) is 4.99. The van der Waals surface area contributed by atoms with Crippen molar-refractivity contribution in [2.75, 3.05) is 52.9 Å². The molecule has 4 heterocycles. The number of benzene rings is 1. The van der Waals surface area contributed by atoms with Gasteiger partial charge in [-0.1, -0.05) is 19.4 Å². The summed E-state index contributed by atoms with van der Waals surface area (Å²) in [5, 5.41) is 3.75. The SMILES string of the molecule is CC[C@@H]1CN2CC[C@@]34OCCO[C@@]3(Nc3cccc(OC)c34)[C@@H]2C[C@@H]1/C(=C\OC)C(=O)OC. The van der Waals surface area contributed by atoms with Gasteiger partial charge in [-0.2, -0.15) is 0 Å². The number of hydrogen-bond donors (Lipinski definition) is 1. The first-order valence-corrected chi connectivity index (χ1v) is 11.8. The second-order valence-corrected chi connectivity index (χ2v) is 9.34. The molecule has 0 radical (unpaired) electrons. The predicted octanol–water partition coefficient (Wildman–Crippen LogP) is 2.88. The molecular formula is C25H34N2O6. The average Bonchev–Trinajstić information content (AvgIpc) is 3.18. The first-order valence-electron chi connectivity index (χ1n) is 11.8. The molecule has 180 valence electrons. The van der Waals surface area contributed by atoms with Crippen LogP contribution in [-0.4, -0.2) is 70.3 Å². The molecule has 8 heteroatoms. The number of carbonyl (C=O) groups is 1. The third-order valence-corrected chi connectivity index (χ3v) is 8.10. The number of methoxy groups -OCH3 is 3. The van der Waals surface area contributed by atoms with E-state index in [-0.39, 0.29) is 17.9 Å². The highest BCUT2D eigenvalue weighted by Gasteiger charge is 2.70. The summed E-state index contributed by atoms with van der Waals surface area (Å²) in [4.78, 5) is 15.2. The van der Waals surface area contributed by atoms with Crippen LogP contribution in [0.5, 0.6) is 5.75 Å². The van der Waals surface area contributed by atoms with Crippen molar-refractivity contribution in [3.8, 4) is 5.75 Å². The highest BCUT2D eigenvalue weighted by molar-refractivity contribution is 5.88. The molecule has 0 unspecified atom stereocenters. The number of rotatable bonds is 5. The molecule has 1 aromatic carbocycles. The third-order valence-electron chi connectivity index (χ3n) is 8.10. The van der Waals surface area contributed by atoms with Crippen LogP contribution >= 0.6 is 0 Å². The fourth-order valence-corrected chi connectivity index (χ4v) is 6.73. The molecule has 3 saturated heterocycles. The Bertz CT molecular complexity index is 951. The van der Waals surface area contributed by atoms with Crippen LogP contribution < -0.4 is 10.1 Å². The minimum Gasteiger partial charge on any atom is -0.504 e. The maximum atomic E-state index is 12.7. The van der Waals surface area contributed by atoms with E-state index in [1.807, 2.05) is 12.1 Å². The molecule has 0 aliphatic carbocycles. The number of nitrogens with zero attached hydrogens (tertiary/aromatic N) is 1. The zero-order valence-corrected chi connectivity index (χ0v) is 19.9. The quantitative estimate of drug-likeness (QED) is 0.410. The maximum absolute atomic E-state index is 12.7. The van der Waals surface area contributed by atoms with Gasteiger partial charge in [0, 0.05) is 18.8 Å². The number of piperidine rings is 2. The number of esters is 1. The predicted molar refractivity (Wildman–Crippen MR) is 122 cm³/mol. The summed E-state index contributed by atoms with van der Waals surface area (Å²) >= 11 is 0. The lowest BCUT2D eigenvalue weighted by Gasteiger charge is -2.61. The zero-order valence-electron chi connectivity index (χ0n) is 19.9. The van der Waals surface area contributed by atoms with E-state index in [1.165, 1.54) is 7.11 Å². The number of hydrogen-bond acceptors (Lipinski definition) is 8. The number of ether oxygens (including phenoxy) is 5. The number of nitrogens with one attached hydrogen (secondary N) is 1. The Morgan fingerprint density at radius 2 is 2.09 bits per heavy atom. The first kappa shape index (κ1) is 22.5. The summed E-state index contributed by atoms with van der Waals surface area (Å²) in [6.07, 6.45) is 4.06. The monoisotopic (exact) mass is 458 g/mol. The highest BCUT2D eigenvalue weighted by atomic mass is 16.6. The minimum atomic E-state index is -0.758. The van der Waals surface area contributed by atoms with Crippen LogP contribution in [0, 0.1) is 11.8 Å². The van der Waals surface area contributed by atoms with E-state index in [4.69, 9.17) is 23.7 Å². The molecule has 8 nitrogen and oxygen atoms in total. The summed E-state index contributed by atoms with van der Waals surface area (Å²) < 4.78 is 29.5. The minimum absolute atomic E-state index is 0.00127. The Hall–Kier alpha value is -2.29. The lowest BCUT2D eigenvalue weighted by atomic mass is 9.67. The Labute approximate surface area is 195 Å². The van der Waals surface area contributed by atoms with Gasteiger partial charge in [0.15, 0.2) is 5.72 Å². The lowest BCUT2D eigenvalue weighted by molar-refractivity contribution is -0.297. The van der Waals surface area contributed by atoms with Crippen LogP contribution in [-0.2, 0) is 29.3 Å². The van der Waals surface area contributed by atoms with Crippen LogP contribution in [0.1, 0.15) is 31.7 Å². The van der Waals surface area contributed by atoms with Gasteiger partial charge in [-0.15, -0.1) is 0 Å². The van der Waals surface area contributed by atoms with Crippen LogP contribution in [0.4, 0.5) is 5.69 Å². The third kappa shape index (κ3) is 3.11. The van der Waals surface area contributed by atoms with E-state index in [2.05, 4.69) is 23.2 Å². The van der Waals surface area contributed by atoms with Gasteiger partial charge in [-0.3, -0.25) is 4.90 Å². The van der Waals surface area contributed by atoms with Crippen molar-refractivity contribution in [1.82, 2.24) is 4.90 Å². The van der Waals surface area contributed by atoms with Gasteiger partial charge in [-0.25, -0.2) is 4.79 Å². The van der Waals surface area contributed by atoms with Crippen molar-refractivity contribution in [3.63, 3.8) is 0 Å². The van der Waals surface area contributed by atoms with Crippen molar-refractivity contribution in [1.29, 1.82) is 0 Å². The molecule has 3 fully saturated rings. The first-order chi connectivity index (χ1) is 16.0. The van der Waals surface area contributed by atoms with E-state index < -0.39 is 11.3 Å². The van der Waals surface area contributed by atoms with Gasteiger partial charge < -0.3 is 29.0 Å². The number of carbonyl (C=O) groups excluding carboxylic acids is 1. The van der Waals surface area contributed by atoms with Crippen LogP contribution in [0.2, 0.25) is 0 Å². The van der Waals surface area contributed by atoms with Gasteiger partial charge in [-0.05, 0) is 36.8 Å². The topological polar surface area (TPSA) is 78.5 Å². The molecule has 0 bridgehead atoms. The maximum Gasteiger partial charge on any atom is 0.337 e. The highest BCUT2D eigenvalue weighted by Crippen LogP contribution is 2.61. The molecule has 1 aromatic rings. The van der Waals surface area contributed by atoms with Crippen LogP contribution in [0.15, 0.2) is 30.0 Å². The molecule has 5 rings (SSSR count). The molecule has 0 spiro atoms. The number of anilines is 1. The summed E-state index contributed by atoms with van der Waals surface area (Å²) in [7, 11) is 4.69. The van der Waals surface area contributed by atoms with Crippen molar-refractivity contribution in [2.24, 2.45) is 11.8 Å². The summed E-state index contributed by atoms with van der Waals surface area (Å²) in [5.41, 5.74) is 1.22. The van der Waals surface area contributed by atoms with Gasteiger partial charge in [0.2, 0.25) is 0 Å². The lowest BCUT2D eigenvalue weighted by Crippen LogP contribution is -2.75. The molecule has 33 heavy (non-hydrogen) atoms. The molecule has 4 aliphatic rings. The largest absolute Gasteiger partial charge is 0.504 e. The van der Waals surface area contributed by atoms with Crippen molar-refractivity contribution in [2.45, 2.75) is 43.6 Å². The van der Waals surface area contributed by atoms with E-state index >= 15 is 0 Å². The van der Waals surface area contributed by atoms with E-state index in [1.54, 1.807) is 20.5 Å². The Kier molecular flexibility index (Phi) is 5.79. The Morgan fingerprint density at radius 3 is 2.82 bits per heavy atom. The molecule has 0 saturated carbocycles. The molecule has 5 atom stereocenters. The van der Waals surface area contributed by atoms with E-state index in [9.17, 15) is 4.79 Å². The van der Waals surface area contributed by atoms with Crippen molar-refractivity contribution < 1.29 is 28.5 Å². The molecule has 1 N–H and O–H groups in total. The van der Waals surface area contributed by atoms with Crippen LogP contribution in [0.3, 0.4) is 0 Å². The smallest absolute Gasteiger partial charge is 0.337 e. The second-order valence-electron chi connectivity index (χ2n) is 9.34. The summed E-state index contributed by atoms with van der Waals surface area (Å²) in [5.74, 6) is 0.785. The van der Waals surface area contributed by atoms with E-state index in [0.717, 1.165) is 49.4 Å². The van der Waals surface area contributed by atoms with Gasteiger partial charge in [0.05, 0.1) is 58.0 Å². The average molecular weight is 459 g/mol. The van der Waals surface area contributed by atoms with Crippen molar-refractivity contribution in [3.05, 3.63) is 35.6 Å². The molecule has 4 aliphatic heterocycles. The van der Waals surface area contributed by atoms with Crippen LogP contribution in [0.25, 0.3) is 0 Å². The molecule has 0 amide bonds. The molecular weight excluding hydrogens is 424 g/mol. The normalized spacial score (nSPS) is 35.4. The summed E-state index contributed by atoms with van der Waals surface area (Å²) in [6, 6.07) is 6.05. The second kappa shape index (κ2) is 8.49. The van der Waals surface area contributed by atoms with Gasteiger partial charge in [0.25, 0.3) is 0 Å². The molecule has 0 aromatic heterocycles. The van der Waals surface area contributed by atoms with E-state index in [0.29, 0.717) is 24.7 Å². The fourth-order valence-electron chi connectivity index (χ4n) is 6.73.